The van der Waals surface area contributed by atoms with Gasteiger partial charge in [-0.05, 0) is 54.8 Å². The molecule has 1 aliphatic carbocycles. The lowest BCUT2D eigenvalue weighted by Crippen LogP contribution is -2.58. The van der Waals surface area contributed by atoms with E-state index in [9.17, 15) is 4.39 Å². The van der Waals surface area contributed by atoms with Crippen LogP contribution < -0.4 is 5.32 Å². The molecule has 0 amide bonds. The Morgan fingerprint density at radius 3 is 2.53 bits per heavy atom. The minimum atomic E-state index is -0.255. The van der Waals surface area contributed by atoms with Crippen LogP contribution in [0.25, 0.3) is 0 Å². The second-order valence-corrected chi connectivity index (χ2v) is 5.91. The predicted molar refractivity (Wildman–Crippen MR) is 79.2 cm³/mol. The Labute approximate surface area is 120 Å². The number of rotatable bonds is 5. The van der Waals surface area contributed by atoms with Gasteiger partial charge in [0.2, 0.25) is 0 Å². The van der Waals surface area contributed by atoms with Gasteiger partial charge in [0.05, 0.1) is 0 Å². The van der Waals surface area contributed by atoms with Crippen molar-refractivity contribution in [3.05, 3.63) is 34.6 Å². The van der Waals surface area contributed by atoms with E-state index in [0.29, 0.717) is 17.0 Å². The zero-order valence-corrected chi connectivity index (χ0v) is 12.7. The summed E-state index contributed by atoms with van der Waals surface area (Å²) in [5.74, 6) is 0.189. The van der Waals surface area contributed by atoms with Crippen molar-refractivity contribution in [2.24, 2.45) is 5.41 Å². The molecular formula is C16H23ClFN. The molecule has 0 heterocycles. The fourth-order valence-corrected chi connectivity index (χ4v) is 4.08. The van der Waals surface area contributed by atoms with E-state index in [1.54, 1.807) is 0 Å². The van der Waals surface area contributed by atoms with Crippen molar-refractivity contribution in [2.75, 3.05) is 6.54 Å². The first kappa shape index (κ1) is 14.8. The second-order valence-electron chi connectivity index (χ2n) is 5.50. The van der Waals surface area contributed by atoms with Crippen LogP contribution in [0.3, 0.4) is 0 Å². The fourth-order valence-electron chi connectivity index (χ4n) is 3.78. The summed E-state index contributed by atoms with van der Waals surface area (Å²) in [5, 5.41) is 4.16. The highest BCUT2D eigenvalue weighted by Crippen LogP contribution is 2.58. The Kier molecular flexibility index (Phi) is 4.52. The molecule has 2 unspecified atom stereocenters. The smallest absolute Gasteiger partial charge is 0.124 e. The van der Waals surface area contributed by atoms with Crippen LogP contribution in [0.2, 0.25) is 5.02 Å². The Balaban J connectivity index is 2.30. The first-order chi connectivity index (χ1) is 9.08. The van der Waals surface area contributed by atoms with Gasteiger partial charge in [-0.3, -0.25) is 0 Å². The Bertz CT molecular complexity index is 442. The lowest BCUT2D eigenvalue weighted by Gasteiger charge is -2.57. The van der Waals surface area contributed by atoms with Crippen molar-refractivity contribution in [2.45, 2.75) is 52.0 Å². The normalized spacial score (nSPS) is 25.1. The van der Waals surface area contributed by atoms with E-state index in [1.165, 1.54) is 12.1 Å². The number of hydrogen-bond donors (Lipinski definition) is 1. The van der Waals surface area contributed by atoms with Gasteiger partial charge < -0.3 is 5.32 Å². The van der Waals surface area contributed by atoms with Gasteiger partial charge >= 0.3 is 0 Å². The summed E-state index contributed by atoms with van der Waals surface area (Å²) in [7, 11) is 0. The van der Waals surface area contributed by atoms with Crippen LogP contribution in [-0.4, -0.2) is 12.6 Å². The third-order valence-electron chi connectivity index (χ3n) is 4.96. The molecule has 1 saturated carbocycles. The molecule has 1 N–H and O–H groups in total. The minimum Gasteiger partial charge on any atom is -0.314 e. The van der Waals surface area contributed by atoms with Gasteiger partial charge in [0.25, 0.3) is 0 Å². The zero-order chi connectivity index (χ0) is 14.0. The molecule has 1 aliphatic rings. The van der Waals surface area contributed by atoms with Crippen LogP contribution in [0.4, 0.5) is 4.39 Å². The maximum absolute atomic E-state index is 13.2. The molecule has 0 saturated heterocycles. The van der Waals surface area contributed by atoms with Gasteiger partial charge in [0.1, 0.15) is 5.82 Å². The summed E-state index contributed by atoms with van der Waals surface area (Å²) in [6.45, 7) is 7.64. The highest BCUT2D eigenvalue weighted by Gasteiger charge is 2.52. The molecule has 1 nitrogen and oxygen atoms in total. The number of hydrogen-bond acceptors (Lipinski definition) is 1. The molecule has 0 spiro atoms. The van der Waals surface area contributed by atoms with E-state index >= 15 is 0 Å². The monoisotopic (exact) mass is 283 g/mol. The predicted octanol–water partition coefficient (Wildman–Crippen LogP) is 4.75. The molecular weight excluding hydrogens is 261 g/mol. The maximum atomic E-state index is 13.2. The van der Waals surface area contributed by atoms with E-state index < -0.39 is 0 Å². The van der Waals surface area contributed by atoms with E-state index in [0.717, 1.165) is 31.4 Å². The van der Waals surface area contributed by atoms with Crippen LogP contribution in [0, 0.1) is 11.2 Å². The molecule has 0 aromatic heterocycles. The quantitative estimate of drug-likeness (QED) is 0.822. The Hall–Kier alpha value is -0.600. The molecule has 2 atom stereocenters. The Morgan fingerprint density at radius 2 is 2.00 bits per heavy atom. The highest BCUT2D eigenvalue weighted by atomic mass is 35.5. The van der Waals surface area contributed by atoms with E-state index in [-0.39, 0.29) is 11.2 Å². The average Bonchev–Trinajstić information content (AvgIpc) is 2.37. The molecule has 0 radical (unpaired) electrons. The standard InChI is InChI=1S/C16H23ClFN/c1-4-16(5-2)13(10-15(16)19-6-3)12-8-7-11(18)9-14(12)17/h7-9,13,15,19H,4-6,10H2,1-3H3. The number of benzene rings is 1. The third-order valence-corrected chi connectivity index (χ3v) is 5.29. The van der Waals surface area contributed by atoms with Crippen LogP contribution in [0.1, 0.15) is 51.5 Å². The molecule has 1 aromatic rings. The minimum absolute atomic E-state index is 0.255. The van der Waals surface area contributed by atoms with Crippen molar-refractivity contribution >= 4 is 11.6 Å². The molecule has 0 bridgehead atoms. The van der Waals surface area contributed by atoms with Crippen molar-refractivity contribution in [3.8, 4) is 0 Å². The third kappa shape index (κ3) is 2.41. The van der Waals surface area contributed by atoms with Crippen LogP contribution >= 0.6 is 11.6 Å². The number of nitrogens with one attached hydrogen (secondary N) is 1. The molecule has 1 fully saturated rings. The van der Waals surface area contributed by atoms with Gasteiger partial charge in [-0.2, -0.15) is 0 Å². The molecule has 0 aliphatic heterocycles. The maximum Gasteiger partial charge on any atom is 0.124 e. The summed E-state index contributed by atoms with van der Waals surface area (Å²) >= 11 is 6.24. The van der Waals surface area contributed by atoms with Gasteiger partial charge in [0.15, 0.2) is 0 Å². The van der Waals surface area contributed by atoms with Gasteiger partial charge in [-0.1, -0.05) is 38.4 Å². The van der Waals surface area contributed by atoms with E-state index in [2.05, 4.69) is 26.1 Å². The topological polar surface area (TPSA) is 12.0 Å². The highest BCUT2D eigenvalue weighted by molar-refractivity contribution is 6.31. The van der Waals surface area contributed by atoms with E-state index in [4.69, 9.17) is 11.6 Å². The van der Waals surface area contributed by atoms with Crippen molar-refractivity contribution in [3.63, 3.8) is 0 Å². The SMILES string of the molecule is CCNC1CC(c2ccc(F)cc2Cl)C1(CC)CC. The molecule has 3 heteroatoms. The lowest BCUT2D eigenvalue weighted by molar-refractivity contribution is 0.0210. The summed E-state index contributed by atoms with van der Waals surface area (Å²) in [5.41, 5.74) is 1.37. The Morgan fingerprint density at radius 1 is 1.32 bits per heavy atom. The zero-order valence-electron chi connectivity index (χ0n) is 12.0. The van der Waals surface area contributed by atoms with Crippen LogP contribution in [0.15, 0.2) is 18.2 Å². The van der Waals surface area contributed by atoms with Crippen LogP contribution in [-0.2, 0) is 0 Å². The van der Waals surface area contributed by atoms with E-state index in [1.807, 2.05) is 6.07 Å². The summed E-state index contributed by atoms with van der Waals surface area (Å²) in [4.78, 5) is 0. The molecule has 1 aromatic carbocycles. The largest absolute Gasteiger partial charge is 0.314 e. The van der Waals surface area contributed by atoms with Gasteiger partial charge in [-0.25, -0.2) is 4.39 Å². The van der Waals surface area contributed by atoms with Crippen molar-refractivity contribution in [1.82, 2.24) is 5.32 Å². The summed E-state index contributed by atoms with van der Waals surface area (Å²) in [6, 6.07) is 5.38. The van der Waals surface area contributed by atoms with Crippen molar-refractivity contribution in [1.29, 1.82) is 0 Å². The molecule has 2 rings (SSSR count). The van der Waals surface area contributed by atoms with Crippen molar-refractivity contribution < 1.29 is 4.39 Å². The summed E-state index contributed by atoms with van der Waals surface area (Å²) < 4.78 is 13.2. The summed E-state index contributed by atoms with van der Waals surface area (Å²) in [6.07, 6.45) is 3.35. The molecule has 106 valence electrons. The lowest BCUT2D eigenvalue weighted by atomic mass is 9.52. The number of halogens is 2. The first-order valence-electron chi connectivity index (χ1n) is 7.27. The fraction of sp³-hybridized carbons (Fsp3) is 0.625. The van der Waals surface area contributed by atoms with Crippen LogP contribution in [0.5, 0.6) is 0 Å². The van der Waals surface area contributed by atoms with Gasteiger partial charge in [0, 0.05) is 11.1 Å². The molecule has 19 heavy (non-hydrogen) atoms. The average molecular weight is 284 g/mol. The first-order valence-corrected chi connectivity index (χ1v) is 7.65. The van der Waals surface area contributed by atoms with Gasteiger partial charge in [-0.15, -0.1) is 0 Å². The second kappa shape index (κ2) is 5.80.